The van der Waals surface area contributed by atoms with E-state index in [0.29, 0.717) is 64.0 Å². The summed E-state index contributed by atoms with van der Waals surface area (Å²) in [6.45, 7) is 7.03. The Morgan fingerprint density at radius 1 is 0.519 bits per heavy atom. The number of carbonyl (C=O) groups is 4. The Kier molecular flexibility index (Phi) is 23.6. The molecule has 0 spiro atoms. The highest BCUT2D eigenvalue weighted by molar-refractivity contribution is 7.98. The number of halogens is 14. The normalized spacial score (nSPS) is 12.5. The Bertz CT molecular complexity index is 3160. The fraction of sp³-hybridized carbons (Fsp3) is 0.286. The lowest BCUT2D eigenvalue weighted by Gasteiger charge is -2.17. The molecule has 0 bridgehead atoms. The summed E-state index contributed by atoms with van der Waals surface area (Å²) in [5.41, 5.74) is 1.35. The summed E-state index contributed by atoms with van der Waals surface area (Å²) in [5, 5.41) is 17.3. The van der Waals surface area contributed by atoms with E-state index in [1.165, 1.54) is 66.7 Å². The second kappa shape index (κ2) is 28.5. The van der Waals surface area contributed by atoms with Gasteiger partial charge in [0.1, 0.15) is 0 Å². The Balaban J connectivity index is 0.000000318. The number of alkyl halides is 12. The highest BCUT2D eigenvalue weighted by atomic mass is 35.5. The number of carbonyl (C=O) groups excluding carboxylic acids is 3. The number of amides is 3. The minimum Gasteiger partial charge on any atom is -0.478 e. The van der Waals surface area contributed by atoms with Gasteiger partial charge in [-0.15, -0.1) is 0 Å². The lowest BCUT2D eigenvalue weighted by atomic mass is 9.98. The Morgan fingerprint density at radius 2 is 0.877 bits per heavy atom. The molecule has 0 saturated carbocycles. The summed E-state index contributed by atoms with van der Waals surface area (Å²) >= 11 is 15.5. The summed E-state index contributed by atoms with van der Waals surface area (Å²) in [7, 11) is 0. The van der Waals surface area contributed by atoms with Gasteiger partial charge in [0.25, 0.3) is 17.7 Å². The number of anilines is 2. The number of nitrogens with one attached hydrogen (secondary N) is 3. The van der Waals surface area contributed by atoms with Crippen LogP contribution in [0, 0.1) is 13.8 Å². The summed E-state index contributed by atoms with van der Waals surface area (Å²) in [6.07, 6.45) is -16.3. The van der Waals surface area contributed by atoms with Gasteiger partial charge in [0.15, 0.2) is 0 Å². The Labute approximate surface area is 476 Å². The van der Waals surface area contributed by atoms with Crippen LogP contribution in [-0.4, -0.2) is 64.9 Å². The van der Waals surface area contributed by atoms with E-state index in [2.05, 4.69) is 22.2 Å². The number of rotatable bonds is 15. The smallest absolute Gasteiger partial charge is 0.416 e. The van der Waals surface area contributed by atoms with Gasteiger partial charge in [0, 0.05) is 35.0 Å². The molecule has 0 saturated heterocycles. The topological polar surface area (TPSA) is 151 Å². The highest BCUT2D eigenvalue weighted by Crippen LogP contribution is 2.39. The molecular weight excluding hydrogens is 1170 g/mol. The summed E-state index contributed by atoms with van der Waals surface area (Å²) in [5.74, 6) is -1.56. The maximum Gasteiger partial charge on any atom is 0.416 e. The van der Waals surface area contributed by atoms with Crippen molar-refractivity contribution >= 4 is 81.8 Å². The number of carboxylic acid groups (broad SMARTS) is 1. The molecule has 6 aromatic rings. The lowest BCUT2D eigenvalue weighted by Crippen LogP contribution is -2.35. The molecule has 0 fully saturated rings. The van der Waals surface area contributed by atoms with Crippen LogP contribution in [0.25, 0.3) is 0 Å². The molecule has 6 rings (SSSR count). The van der Waals surface area contributed by atoms with Crippen molar-refractivity contribution in [2.45, 2.75) is 77.3 Å². The first kappa shape index (κ1) is 67.1. The number of hydrogen-bond acceptors (Lipinski definition) is 7. The van der Waals surface area contributed by atoms with Crippen LogP contribution < -0.4 is 21.7 Å². The third-order valence-corrected chi connectivity index (χ3v) is 13.7. The van der Waals surface area contributed by atoms with Gasteiger partial charge >= 0.3 is 30.7 Å². The maximum atomic E-state index is 13.2. The molecule has 436 valence electrons. The molecular formula is C56H52Cl2F12N4O5S2. The van der Waals surface area contributed by atoms with Crippen LogP contribution in [-0.2, 0) is 37.5 Å². The largest absolute Gasteiger partial charge is 0.478 e. The molecule has 0 aliphatic rings. The number of aryl methyl sites for hydroxylation is 2. The van der Waals surface area contributed by atoms with Crippen LogP contribution in [0.2, 0.25) is 10.0 Å². The predicted octanol–water partition coefficient (Wildman–Crippen LogP) is 15.9. The van der Waals surface area contributed by atoms with Crippen molar-refractivity contribution in [3.05, 3.63) is 197 Å². The summed E-state index contributed by atoms with van der Waals surface area (Å²) in [6, 6.07) is 20.4. The molecule has 81 heavy (non-hydrogen) atoms. The molecule has 0 radical (unpaired) electrons. The fourth-order valence-corrected chi connectivity index (χ4v) is 9.40. The molecule has 2 unspecified atom stereocenters. The molecule has 2 atom stereocenters. The van der Waals surface area contributed by atoms with Crippen molar-refractivity contribution in [1.29, 1.82) is 0 Å². The monoisotopic (exact) mass is 1220 g/mol. The zero-order valence-corrected chi connectivity index (χ0v) is 46.8. The first-order valence-electron chi connectivity index (χ1n) is 23.8. The van der Waals surface area contributed by atoms with E-state index >= 15 is 0 Å². The van der Waals surface area contributed by atoms with Crippen molar-refractivity contribution in [1.82, 2.24) is 5.32 Å². The van der Waals surface area contributed by atoms with Gasteiger partial charge in [-0.25, -0.2) is 4.79 Å². The average molecular weight is 1220 g/mol. The number of thioether (sulfide) groups is 2. The molecule has 6 aromatic carbocycles. The zero-order chi connectivity index (χ0) is 60.9. The second-order valence-electron chi connectivity index (χ2n) is 18.3. The first-order chi connectivity index (χ1) is 37.5. The molecule has 0 aliphatic carbocycles. The van der Waals surface area contributed by atoms with Gasteiger partial charge in [0.05, 0.1) is 54.6 Å². The van der Waals surface area contributed by atoms with E-state index in [4.69, 9.17) is 28.9 Å². The van der Waals surface area contributed by atoms with Crippen LogP contribution in [0.4, 0.5) is 64.1 Å². The number of carboxylic acids is 1. The van der Waals surface area contributed by atoms with Gasteiger partial charge in [-0.05, 0) is 159 Å². The molecule has 0 aliphatic heterocycles. The third-order valence-electron chi connectivity index (χ3n) is 11.4. The fourth-order valence-electron chi connectivity index (χ4n) is 7.77. The minimum absolute atomic E-state index is 0.00825. The average Bonchev–Trinajstić information content (AvgIpc) is 3.43. The van der Waals surface area contributed by atoms with Crippen molar-refractivity contribution < 1.29 is 77.0 Å². The predicted molar refractivity (Wildman–Crippen MR) is 294 cm³/mol. The number of aromatic carboxylic acids is 1. The van der Waals surface area contributed by atoms with E-state index in [1.54, 1.807) is 43.4 Å². The summed E-state index contributed by atoms with van der Waals surface area (Å²) in [4.78, 5) is 50.1. The van der Waals surface area contributed by atoms with Gasteiger partial charge in [0.2, 0.25) is 0 Å². The Morgan fingerprint density at radius 3 is 1.19 bits per heavy atom. The van der Waals surface area contributed by atoms with Gasteiger partial charge in [-0.3, -0.25) is 14.4 Å². The summed E-state index contributed by atoms with van der Waals surface area (Å²) < 4.78 is 158. The van der Waals surface area contributed by atoms with Gasteiger partial charge in [-0.1, -0.05) is 59.6 Å². The van der Waals surface area contributed by atoms with Crippen LogP contribution in [0.15, 0.2) is 109 Å². The zero-order valence-electron chi connectivity index (χ0n) is 43.6. The van der Waals surface area contributed by atoms with Gasteiger partial charge < -0.3 is 26.8 Å². The molecule has 6 N–H and O–H groups in total. The van der Waals surface area contributed by atoms with Gasteiger partial charge in [-0.2, -0.15) is 76.2 Å². The van der Waals surface area contributed by atoms with Crippen molar-refractivity contribution in [2.75, 3.05) is 34.7 Å². The minimum atomic E-state index is -4.95. The molecule has 25 heteroatoms. The molecule has 0 heterocycles. The Hall–Kier alpha value is -6.40. The first-order valence-corrected chi connectivity index (χ1v) is 27.3. The maximum absolute atomic E-state index is 13.2. The van der Waals surface area contributed by atoms with Crippen LogP contribution in [0.5, 0.6) is 0 Å². The standard InChI is InChI=1S/C28H25ClF6N2O2S.C24H16ClF6NO3.C4H11NS/c1-15-9-17(10-18-11-19(27(30,31)32)13-20(12-18)28(33,34)35)7-8-23(15)37-25(38)21-5-4-6-22(29)24(21)26(39)36-16(2)14-40-3;1-12-7-13(8-14-9-15(23(26,27)28)11-16(10-14)24(29,30)31)5-6-19(12)32-21(33)17-3-2-4-18(25)20(17)22(34)35;1-4(5)3-6-2/h4-9,11-13,16H,10,14H2,1-3H3,(H,36,39)(H,37,38);2-7,9-11H,8H2,1H3,(H,32,33)(H,34,35);4H,3,5H2,1-2H3. The van der Waals surface area contributed by atoms with Crippen LogP contribution in [0.1, 0.15) is 111 Å². The SMILES string of the molecule is CSCC(C)N.CSCC(C)NC(=O)c1c(Cl)cccc1C(=O)Nc1ccc(Cc2cc(C(F)(F)F)cc(C(F)(F)F)c2)cc1C.Cc1cc(Cc2cc(C(F)(F)F)cc(C(F)(F)F)c2)ccc1NC(=O)c1cccc(Cl)c1C(=O)O. The van der Waals surface area contributed by atoms with E-state index < -0.39 is 70.6 Å². The van der Waals surface area contributed by atoms with E-state index in [1.807, 2.05) is 20.1 Å². The van der Waals surface area contributed by atoms with Crippen molar-refractivity contribution in [3.8, 4) is 0 Å². The molecule has 3 amide bonds. The third kappa shape index (κ3) is 19.9. The molecule has 0 aromatic heterocycles. The van der Waals surface area contributed by atoms with E-state index in [0.717, 1.165) is 5.75 Å². The van der Waals surface area contributed by atoms with E-state index in [9.17, 15) is 77.0 Å². The second-order valence-corrected chi connectivity index (χ2v) is 20.9. The lowest BCUT2D eigenvalue weighted by molar-refractivity contribution is -0.144. The van der Waals surface area contributed by atoms with E-state index in [-0.39, 0.29) is 80.1 Å². The number of benzene rings is 6. The van der Waals surface area contributed by atoms with Crippen molar-refractivity contribution in [2.24, 2.45) is 5.73 Å². The molecule has 9 nitrogen and oxygen atoms in total. The quantitative estimate of drug-likeness (QED) is 0.0638. The number of hydrogen-bond donors (Lipinski definition) is 5. The number of nitrogens with two attached hydrogens (primary N) is 1. The van der Waals surface area contributed by atoms with Crippen LogP contribution >= 0.6 is 46.7 Å². The highest BCUT2D eigenvalue weighted by Gasteiger charge is 2.38. The van der Waals surface area contributed by atoms with Crippen LogP contribution in [0.3, 0.4) is 0 Å². The van der Waals surface area contributed by atoms with Crippen molar-refractivity contribution in [3.63, 3.8) is 0 Å².